The largest absolute Gasteiger partial charge is 0.444 e. The quantitative estimate of drug-likeness (QED) is 0.722. The Balaban J connectivity index is 1.61. The molecule has 108 valence electrons. The van der Waals surface area contributed by atoms with Gasteiger partial charge in [0, 0.05) is 19.6 Å². The molecule has 0 atom stereocenters. The third-order valence-electron chi connectivity index (χ3n) is 4.34. The van der Waals surface area contributed by atoms with Crippen LogP contribution in [0.2, 0.25) is 0 Å². The summed E-state index contributed by atoms with van der Waals surface area (Å²) >= 11 is 0. The molecule has 1 spiro atoms. The molecule has 1 amide bonds. The highest BCUT2D eigenvalue weighted by Crippen LogP contribution is 2.40. The van der Waals surface area contributed by atoms with Gasteiger partial charge in [-0.15, -0.1) is 0 Å². The zero-order chi connectivity index (χ0) is 13.7. The van der Waals surface area contributed by atoms with Crippen LogP contribution in [0, 0.1) is 0 Å². The SMILES string of the molecule is CC(C)(C)OC(=O)N1CCCC12CN(C1COC1)C2. The van der Waals surface area contributed by atoms with Crippen molar-refractivity contribution in [2.24, 2.45) is 0 Å². The summed E-state index contributed by atoms with van der Waals surface area (Å²) in [5.74, 6) is 0. The monoisotopic (exact) mass is 268 g/mol. The van der Waals surface area contributed by atoms with E-state index >= 15 is 0 Å². The zero-order valence-corrected chi connectivity index (χ0v) is 12.1. The maximum Gasteiger partial charge on any atom is 0.410 e. The van der Waals surface area contributed by atoms with Gasteiger partial charge in [0.1, 0.15) is 5.60 Å². The Hall–Kier alpha value is -0.810. The van der Waals surface area contributed by atoms with Gasteiger partial charge in [0.05, 0.1) is 24.8 Å². The van der Waals surface area contributed by atoms with E-state index in [0.29, 0.717) is 6.04 Å². The van der Waals surface area contributed by atoms with E-state index in [1.165, 1.54) is 0 Å². The lowest BCUT2D eigenvalue weighted by atomic mass is 9.85. The highest BCUT2D eigenvalue weighted by Gasteiger charge is 2.55. The van der Waals surface area contributed by atoms with Crippen LogP contribution in [-0.2, 0) is 9.47 Å². The summed E-state index contributed by atoms with van der Waals surface area (Å²) in [6, 6.07) is 0.576. The summed E-state index contributed by atoms with van der Waals surface area (Å²) in [7, 11) is 0. The normalized spacial score (nSPS) is 27.2. The van der Waals surface area contributed by atoms with Gasteiger partial charge in [-0.05, 0) is 33.6 Å². The summed E-state index contributed by atoms with van der Waals surface area (Å²) in [6.45, 7) is 10.3. The molecule has 19 heavy (non-hydrogen) atoms. The van der Waals surface area contributed by atoms with Crippen LogP contribution in [0.5, 0.6) is 0 Å². The Morgan fingerprint density at radius 2 is 2.00 bits per heavy atom. The second-order valence-electron chi connectivity index (χ2n) is 7.06. The van der Waals surface area contributed by atoms with Crippen molar-refractivity contribution in [3.63, 3.8) is 0 Å². The van der Waals surface area contributed by atoms with Gasteiger partial charge in [0.25, 0.3) is 0 Å². The van der Waals surface area contributed by atoms with Crippen LogP contribution in [0.3, 0.4) is 0 Å². The molecule has 3 heterocycles. The number of amides is 1. The van der Waals surface area contributed by atoms with E-state index in [2.05, 4.69) is 4.90 Å². The molecule has 3 saturated heterocycles. The van der Waals surface area contributed by atoms with Gasteiger partial charge in [0.15, 0.2) is 0 Å². The molecule has 0 aromatic carbocycles. The van der Waals surface area contributed by atoms with Crippen molar-refractivity contribution in [1.82, 2.24) is 9.80 Å². The molecular weight excluding hydrogens is 244 g/mol. The fourth-order valence-corrected chi connectivity index (χ4v) is 3.27. The Morgan fingerprint density at radius 1 is 1.32 bits per heavy atom. The first kappa shape index (κ1) is 13.2. The zero-order valence-electron chi connectivity index (χ0n) is 12.1. The van der Waals surface area contributed by atoms with Gasteiger partial charge in [-0.3, -0.25) is 9.80 Å². The van der Waals surface area contributed by atoms with Gasteiger partial charge >= 0.3 is 6.09 Å². The highest BCUT2D eigenvalue weighted by molar-refractivity contribution is 5.70. The van der Waals surface area contributed by atoms with Crippen molar-refractivity contribution in [3.8, 4) is 0 Å². The van der Waals surface area contributed by atoms with Crippen molar-refractivity contribution in [1.29, 1.82) is 0 Å². The van der Waals surface area contributed by atoms with Crippen molar-refractivity contribution < 1.29 is 14.3 Å². The molecule has 0 aromatic heterocycles. The van der Waals surface area contributed by atoms with Crippen molar-refractivity contribution >= 4 is 6.09 Å². The van der Waals surface area contributed by atoms with E-state index in [9.17, 15) is 4.79 Å². The van der Waals surface area contributed by atoms with Crippen molar-refractivity contribution in [2.45, 2.75) is 50.8 Å². The van der Waals surface area contributed by atoms with E-state index in [-0.39, 0.29) is 11.6 Å². The first-order valence-corrected chi connectivity index (χ1v) is 7.22. The van der Waals surface area contributed by atoms with E-state index < -0.39 is 5.60 Å². The van der Waals surface area contributed by atoms with Crippen LogP contribution in [-0.4, -0.2) is 65.9 Å². The number of rotatable bonds is 1. The van der Waals surface area contributed by atoms with E-state index in [0.717, 1.165) is 45.7 Å². The number of hydrogen-bond acceptors (Lipinski definition) is 4. The lowest BCUT2D eigenvalue weighted by molar-refractivity contribution is -0.133. The number of carbonyl (C=O) groups is 1. The Bertz CT molecular complexity index is 367. The van der Waals surface area contributed by atoms with Crippen LogP contribution in [0.25, 0.3) is 0 Å². The van der Waals surface area contributed by atoms with Gasteiger partial charge in [0.2, 0.25) is 0 Å². The minimum Gasteiger partial charge on any atom is -0.444 e. The number of carbonyl (C=O) groups excluding carboxylic acids is 1. The van der Waals surface area contributed by atoms with Crippen LogP contribution in [0.1, 0.15) is 33.6 Å². The molecule has 5 nitrogen and oxygen atoms in total. The summed E-state index contributed by atoms with van der Waals surface area (Å²) in [4.78, 5) is 16.7. The van der Waals surface area contributed by atoms with E-state index in [4.69, 9.17) is 9.47 Å². The Labute approximate surface area is 114 Å². The molecule has 5 heteroatoms. The standard InChI is InChI=1S/C14H24N2O3/c1-13(2,3)19-12(17)16-6-4-5-14(16)9-15(10-14)11-7-18-8-11/h11H,4-10H2,1-3H3. The predicted molar refractivity (Wildman–Crippen MR) is 71.1 cm³/mol. The summed E-state index contributed by atoms with van der Waals surface area (Å²) < 4.78 is 10.8. The molecule has 0 radical (unpaired) electrons. The van der Waals surface area contributed by atoms with Crippen LogP contribution >= 0.6 is 0 Å². The number of hydrogen-bond donors (Lipinski definition) is 0. The lowest BCUT2D eigenvalue weighted by Gasteiger charge is -2.56. The molecule has 0 bridgehead atoms. The third kappa shape index (κ3) is 2.34. The molecule has 0 saturated carbocycles. The second kappa shape index (κ2) is 4.35. The van der Waals surface area contributed by atoms with Crippen LogP contribution in [0.15, 0.2) is 0 Å². The Kier molecular flexibility index (Phi) is 3.02. The average molecular weight is 268 g/mol. The van der Waals surface area contributed by atoms with Gasteiger partial charge < -0.3 is 9.47 Å². The molecule has 3 aliphatic rings. The molecule has 3 aliphatic heterocycles. The smallest absolute Gasteiger partial charge is 0.410 e. The molecule has 3 fully saturated rings. The molecule has 0 N–H and O–H groups in total. The lowest BCUT2D eigenvalue weighted by Crippen LogP contribution is -2.73. The van der Waals surface area contributed by atoms with Crippen molar-refractivity contribution in [2.75, 3.05) is 32.8 Å². The average Bonchev–Trinajstić information content (AvgIpc) is 2.55. The fourth-order valence-electron chi connectivity index (χ4n) is 3.27. The molecule has 3 rings (SSSR count). The van der Waals surface area contributed by atoms with Crippen molar-refractivity contribution in [3.05, 3.63) is 0 Å². The molecule has 0 aromatic rings. The number of likely N-dealkylation sites (tertiary alicyclic amines) is 2. The van der Waals surface area contributed by atoms with E-state index in [1.54, 1.807) is 0 Å². The number of nitrogens with zero attached hydrogens (tertiary/aromatic N) is 2. The highest BCUT2D eigenvalue weighted by atomic mass is 16.6. The molecule has 0 aliphatic carbocycles. The maximum absolute atomic E-state index is 12.3. The summed E-state index contributed by atoms with van der Waals surface area (Å²) in [6.07, 6.45) is 2.06. The number of ether oxygens (including phenoxy) is 2. The second-order valence-corrected chi connectivity index (χ2v) is 7.06. The van der Waals surface area contributed by atoms with Gasteiger partial charge in [-0.2, -0.15) is 0 Å². The van der Waals surface area contributed by atoms with E-state index in [1.807, 2.05) is 25.7 Å². The summed E-state index contributed by atoms with van der Waals surface area (Å²) in [5, 5.41) is 0. The maximum atomic E-state index is 12.3. The van der Waals surface area contributed by atoms with Crippen LogP contribution < -0.4 is 0 Å². The first-order valence-electron chi connectivity index (χ1n) is 7.22. The minimum absolute atomic E-state index is 0.0396. The molecular formula is C14H24N2O3. The van der Waals surface area contributed by atoms with Crippen LogP contribution in [0.4, 0.5) is 4.79 Å². The summed E-state index contributed by atoms with van der Waals surface area (Å²) in [5.41, 5.74) is -0.371. The first-order chi connectivity index (χ1) is 8.90. The predicted octanol–water partition coefficient (Wildman–Crippen LogP) is 1.47. The third-order valence-corrected chi connectivity index (χ3v) is 4.34. The molecule has 0 unspecified atom stereocenters. The minimum atomic E-state index is -0.411. The van der Waals surface area contributed by atoms with Gasteiger partial charge in [-0.1, -0.05) is 0 Å². The topological polar surface area (TPSA) is 42.0 Å². The van der Waals surface area contributed by atoms with Gasteiger partial charge in [-0.25, -0.2) is 4.79 Å². The Morgan fingerprint density at radius 3 is 2.53 bits per heavy atom. The fraction of sp³-hybridized carbons (Fsp3) is 0.929.